The van der Waals surface area contributed by atoms with E-state index in [1.54, 1.807) is 0 Å². The van der Waals surface area contributed by atoms with Crippen LogP contribution < -0.4 is 5.73 Å². The van der Waals surface area contributed by atoms with Crippen LogP contribution in [0.3, 0.4) is 0 Å². The summed E-state index contributed by atoms with van der Waals surface area (Å²) in [6.45, 7) is 2.00. The average molecular weight is 416 g/mol. The molecule has 0 aliphatic heterocycles. The number of fused-ring (bicyclic) bond motifs is 1. The number of aromatic nitrogens is 2. The summed E-state index contributed by atoms with van der Waals surface area (Å²) >= 11 is 13.0. The summed E-state index contributed by atoms with van der Waals surface area (Å²) in [5, 5.41) is 0.662. The van der Waals surface area contributed by atoms with Crippen LogP contribution in [0, 0.1) is 6.92 Å². The van der Waals surface area contributed by atoms with Gasteiger partial charge in [-0.15, -0.1) is 0 Å². The molecule has 2 N–H and O–H groups in total. The van der Waals surface area contributed by atoms with Crippen LogP contribution in [-0.4, -0.2) is 9.38 Å². The monoisotopic (exact) mass is 413 g/mol. The number of nitrogen functional groups attached to an aromatic ring is 1. The maximum Gasteiger partial charge on any atom is 0.139 e. The molecule has 6 heteroatoms. The number of hydrogen-bond donors (Lipinski definition) is 1. The number of nitrogens with two attached hydrogens (primary N) is 1. The Hall–Kier alpha value is -1.04. The van der Waals surface area contributed by atoms with Crippen molar-refractivity contribution in [3.8, 4) is 11.3 Å². The van der Waals surface area contributed by atoms with Crippen molar-refractivity contribution in [1.82, 2.24) is 9.38 Å². The molecule has 2 aromatic heterocycles. The molecule has 0 unspecified atom stereocenters. The predicted octanol–water partition coefficient (Wildman–Crippen LogP) is 5.07. The van der Waals surface area contributed by atoms with Crippen molar-refractivity contribution in [1.29, 1.82) is 0 Å². The normalized spacial score (nSPS) is 11.2. The largest absolute Gasteiger partial charge is 0.383 e. The van der Waals surface area contributed by atoms with Crippen LogP contribution in [0.5, 0.6) is 0 Å². The van der Waals surface area contributed by atoms with Gasteiger partial charge in [-0.05, 0) is 63.0 Å². The van der Waals surface area contributed by atoms with Gasteiger partial charge in [-0.3, -0.25) is 4.40 Å². The Morgan fingerprint density at radius 1 is 1.15 bits per heavy atom. The molecule has 0 spiro atoms. The van der Waals surface area contributed by atoms with E-state index in [1.807, 2.05) is 41.7 Å². The van der Waals surface area contributed by atoms with Crippen LogP contribution in [0.1, 0.15) is 5.69 Å². The van der Waals surface area contributed by atoms with Crippen molar-refractivity contribution in [3.05, 3.63) is 50.0 Å². The highest BCUT2D eigenvalue weighted by Crippen LogP contribution is 2.33. The first kappa shape index (κ1) is 13.9. The smallest absolute Gasteiger partial charge is 0.139 e. The highest BCUT2D eigenvalue weighted by molar-refractivity contribution is 9.10. The lowest BCUT2D eigenvalue weighted by atomic mass is 10.1. The van der Waals surface area contributed by atoms with Crippen LogP contribution in [0.25, 0.3) is 16.9 Å². The minimum absolute atomic E-state index is 0.619. The van der Waals surface area contributed by atoms with Crippen molar-refractivity contribution >= 4 is 54.9 Å². The van der Waals surface area contributed by atoms with Gasteiger partial charge in [-0.25, -0.2) is 4.98 Å². The zero-order valence-electron chi connectivity index (χ0n) is 10.5. The first-order valence-corrected chi connectivity index (χ1v) is 7.84. The number of hydrogen-bond acceptors (Lipinski definition) is 2. The van der Waals surface area contributed by atoms with E-state index in [9.17, 15) is 0 Å². The van der Waals surface area contributed by atoms with E-state index in [0.29, 0.717) is 10.8 Å². The van der Waals surface area contributed by atoms with Crippen LogP contribution in [0.15, 0.2) is 39.3 Å². The van der Waals surface area contributed by atoms with E-state index < -0.39 is 0 Å². The summed E-state index contributed by atoms with van der Waals surface area (Å²) in [7, 11) is 0. The molecule has 3 rings (SSSR count). The predicted molar refractivity (Wildman–Crippen MR) is 90.2 cm³/mol. The summed E-state index contributed by atoms with van der Waals surface area (Å²) in [6.07, 6.45) is 0. The molecule has 20 heavy (non-hydrogen) atoms. The molecule has 0 amide bonds. The molecule has 0 fully saturated rings. The summed E-state index contributed by atoms with van der Waals surface area (Å²) in [4.78, 5) is 4.61. The molecule has 2 heterocycles. The molecule has 0 aliphatic rings. The van der Waals surface area contributed by atoms with Crippen molar-refractivity contribution in [2.24, 2.45) is 0 Å². The number of benzene rings is 1. The second-order valence-electron chi connectivity index (χ2n) is 4.43. The fourth-order valence-corrected chi connectivity index (χ4v) is 2.95. The molecule has 3 aromatic rings. The first-order chi connectivity index (χ1) is 9.49. The molecule has 1 aromatic carbocycles. The van der Waals surface area contributed by atoms with Crippen molar-refractivity contribution in [2.75, 3.05) is 5.73 Å². The number of anilines is 1. The van der Waals surface area contributed by atoms with Crippen LogP contribution >= 0.6 is 43.5 Å². The Morgan fingerprint density at radius 2 is 1.90 bits per heavy atom. The van der Waals surface area contributed by atoms with Gasteiger partial charge in [0.05, 0.1) is 5.02 Å². The molecule has 0 radical (unpaired) electrons. The maximum absolute atomic E-state index is 6.26. The minimum Gasteiger partial charge on any atom is -0.383 e. The second-order valence-corrected chi connectivity index (χ2v) is 6.55. The molecule has 3 nitrogen and oxygen atoms in total. The van der Waals surface area contributed by atoms with Gasteiger partial charge in [0.2, 0.25) is 0 Å². The molecule has 0 bridgehead atoms. The molecule has 0 saturated carbocycles. The Bertz CT molecular complexity index is 827. The zero-order chi connectivity index (χ0) is 14.4. The second kappa shape index (κ2) is 5.06. The zero-order valence-corrected chi connectivity index (χ0v) is 14.4. The summed E-state index contributed by atoms with van der Waals surface area (Å²) in [5.74, 6) is 0.619. The van der Waals surface area contributed by atoms with Gasteiger partial charge in [0.15, 0.2) is 0 Å². The third-order valence-electron chi connectivity index (χ3n) is 3.19. The van der Waals surface area contributed by atoms with Crippen LogP contribution in [-0.2, 0) is 0 Å². The summed E-state index contributed by atoms with van der Waals surface area (Å²) in [5.41, 5.74) is 9.79. The van der Waals surface area contributed by atoms with Gasteiger partial charge in [-0.2, -0.15) is 0 Å². The summed E-state index contributed by atoms with van der Waals surface area (Å²) in [6, 6.07) is 9.56. The SMILES string of the molecule is Cc1c(Br)ccc2nc(-c3ccc(Cl)c(Br)c3)c(N)n12. The van der Waals surface area contributed by atoms with Crippen molar-refractivity contribution in [3.63, 3.8) is 0 Å². The number of imidazole rings is 1. The van der Waals surface area contributed by atoms with E-state index >= 15 is 0 Å². The third-order valence-corrected chi connectivity index (χ3v) is 5.24. The molecular weight excluding hydrogens is 405 g/mol. The van der Waals surface area contributed by atoms with Crippen molar-refractivity contribution < 1.29 is 0 Å². The highest BCUT2D eigenvalue weighted by Gasteiger charge is 2.14. The van der Waals surface area contributed by atoms with Gasteiger partial charge >= 0.3 is 0 Å². The number of rotatable bonds is 1. The van der Waals surface area contributed by atoms with Gasteiger partial charge in [0.25, 0.3) is 0 Å². The quantitative estimate of drug-likeness (QED) is 0.603. The maximum atomic E-state index is 6.26. The molecule has 102 valence electrons. The van der Waals surface area contributed by atoms with E-state index in [2.05, 4.69) is 36.8 Å². The van der Waals surface area contributed by atoms with E-state index in [-0.39, 0.29) is 0 Å². The topological polar surface area (TPSA) is 43.3 Å². The number of aryl methyl sites for hydroxylation is 1. The fraction of sp³-hybridized carbons (Fsp3) is 0.0714. The van der Waals surface area contributed by atoms with Crippen molar-refractivity contribution in [2.45, 2.75) is 6.92 Å². The van der Waals surface area contributed by atoms with Gasteiger partial charge in [0.1, 0.15) is 17.2 Å². The van der Waals surface area contributed by atoms with E-state index in [1.165, 1.54) is 0 Å². The van der Waals surface area contributed by atoms with Crippen LogP contribution in [0.2, 0.25) is 5.02 Å². The Balaban J connectivity index is 2.29. The van der Waals surface area contributed by atoms with Gasteiger partial charge in [-0.1, -0.05) is 17.7 Å². The standard InChI is InChI=1S/C14H10Br2ClN3/c1-7-9(15)3-5-12-19-13(14(18)20(7)12)8-2-4-11(17)10(16)6-8/h2-6H,18H2,1H3. The van der Waals surface area contributed by atoms with Gasteiger partial charge in [0, 0.05) is 20.2 Å². The summed E-state index contributed by atoms with van der Waals surface area (Å²) < 4.78 is 3.76. The first-order valence-electron chi connectivity index (χ1n) is 5.87. The number of halogens is 3. The lowest BCUT2D eigenvalue weighted by Gasteiger charge is -2.05. The van der Waals surface area contributed by atoms with E-state index in [4.69, 9.17) is 17.3 Å². The van der Waals surface area contributed by atoms with Gasteiger partial charge < -0.3 is 5.73 Å². The Kier molecular flexibility index (Phi) is 3.52. The third kappa shape index (κ3) is 2.14. The number of pyridine rings is 1. The van der Waals surface area contributed by atoms with E-state index in [0.717, 1.165) is 31.5 Å². The highest BCUT2D eigenvalue weighted by atomic mass is 79.9. The Morgan fingerprint density at radius 3 is 2.60 bits per heavy atom. The minimum atomic E-state index is 0.619. The van der Waals surface area contributed by atoms with Crippen LogP contribution in [0.4, 0.5) is 5.82 Å². The lowest BCUT2D eigenvalue weighted by Crippen LogP contribution is -1.98. The average Bonchev–Trinajstić information content (AvgIpc) is 2.75. The molecule has 0 saturated heterocycles. The Labute approximate surface area is 138 Å². The molecular formula is C14H10Br2ClN3. The lowest BCUT2D eigenvalue weighted by molar-refractivity contribution is 1.09. The fourth-order valence-electron chi connectivity index (χ4n) is 2.15. The molecule has 0 aliphatic carbocycles. The molecule has 0 atom stereocenters. The number of nitrogens with zero attached hydrogens (tertiary/aromatic N) is 2.